The molecular weight excluding hydrogens is 470 g/mol. The van der Waals surface area contributed by atoms with Crippen LogP contribution in [0.3, 0.4) is 0 Å². The van der Waals surface area contributed by atoms with Crippen LogP contribution in [0.4, 0.5) is 0 Å². The third-order valence-electron chi connectivity index (χ3n) is 4.04. The minimum atomic E-state index is -3.81. The zero-order chi connectivity index (χ0) is 17.4. The Morgan fingerprint density at radius 1 is 1.35 bits per heavy atom. The van der Waals surface area contributed by atoms with Crippen LogP contribution < -0.4 is 0 Å². The summed E-state index contributed by atoms with van der Waals surface area (Å²) in [7, 11) is -6.98. The molecular formula is C14H19Br2NO4S2. The van der Waals surface area contributed by atoms with E-state index >= 15 is 0 Å². The molecule has 9 heteroatoms. The largest absolute Gasteiger partial charge is 0.244 e. The summed E-state index contributed by atoms with van der Waals surface area (Å²) in [6.45, 7) is 3.71. The van der Waals surface area contributed by atoms with Crippen molar-refractivity contribution in [2.75, 3.05) is 11.5 Å². The number of halogens is 2. The predicted octanol–water partition coefficient (Wildman–Crippen LogP) is 3.19. The van der Waals surface area contributed by atoms with Gasteiger partial charge in [0.05, 0.1) is 16.4 Å². The summed E-state index contributed by atoms with van der Waals surface area (Å²) in [5.41, 5.74) is 0. The molecule has 0 radical (unpaired) electrons. The van der Waals surface area contributed by atoms with Crippen molar-refractivity contribution in [1.29, 1.82) is 0 Å². The Hall–Kier alpha value is 0.0400. The molecule has 1 aliphatic heterocycles. The summed E-state index contributed by atoms with van der Waals surface area (Å²) in [4.78, 5) is 0.150. The molecule has 1 aromatic carbocycles. The van der Waals surface area contributed by atoms with Crippen molar-refractivity contribution in [2.45, 2.75) is 43.7 Å². The second-order valence-electron chi connectivity index (χ2n) is 5.72. The van der Waals surface area contributed by atoms with Gasteiger partial charge in [0.25, 0.3) is 0 Å². The van der Waals surface area contributed by atoms with Gasteiger partial charge in [-0.1, -0.05) is 22.9 Å². The van der Waals surface area contributed by atoms with Gasteiger partial charge in [-0.15, -0.1) is 0 Å². The summed E-state index contributed by atoms with van der Waals surface area (Å²) in [6.07, 6.45) is 0.957. The van der Waals surface area contributed by atoms with Crippen molar-refractivity contribution in [3.8, 4) is 0 Å². The van der Waals surface area contributed by atoms with Crippen LogP contribution in [0.15, 0.2) is 32.0 Å². The molecule has 2 rings (SSSR count). The first-order valence-corrected chi connectivity index (χ1v) is 12.1. The number of rotatable bonds is 5. The topological polar surface area (TPSA) is 71.5 Å². The quantitative estimate of drug-likeness (QED) is 0.638. The molecule has 5 nitrogen and oxygen atoms in total. The molecule has 1 aliphatic rings. The lowest BCUT2D eigenvalue weighted by molar-refractivity contribution is 0.271. The smallest absolute Gasteiger partial charge is 0.229 e. The Bertz CT molecular complexity index is 793. The fourth-order valence-electron chi connectivity index (χ4n) is 2.74. The molecule has 0 unspecified atom stereocenters. The van der Waals surface area contributed by atoms with E-state index in [9.17, 15) is 16.8 Å². The third kappa shape index (κ3) is 4.18. The Morgan fingerprint density at radius 3 is 2.52 bits per heavy atom. The van der Waals surface area contributed by atoms with Crippen molar-refractivity contribution >= 4 is 51.7 Å². The van der Waals surface area contributed by atoms with E-state index in [2.05, 4.69) is 31.9 Å². The van der Waals surface area contributed by atoms with Gasteiger partial charge in [-0.25, -0.2) is 16.8 Å². The van der Waals surface area contributed by atoms with Crippen LogP contribution in [0.25, 0.3) is 0 Å². The predicted molar refractivity (Wildman–Crippen MR) is 97.7 cm³/mol. The lowest BCUT2D eigenvalue weighted by Crippen LogP contribution is -2.46. The highest BCUT2D eigenvalue weighted by Gasteiger charge is 2.41. The maximum absolute atomic E-state index is 13.2. The maximum atomic E-state index is 13.2. The van der Waals surface area contributed by atoms with E-state index in [0.29, 0.717) is 21.8 Å². The third-order valence-corrected chi connectivity index (χ3v) is 9.35. The number of hydrogen-bond acceptors (Lipinski definition) is 4. The molecule has 23 heavy (non-hydrogen) atoms. The summed E-state index contributed by atoms with van der Waals surface area (Å²) >= 11 is 6.59. The van der Waals surface area contributed by atoms with Gasteiger partial charge in [0, 0.05) is 21.0 Å². The van der Waals surface area contributed by atoms with Crippen molar-refractivity contribution in [1.82, 2.24) is 4.31 Å². The van der Waals surface area contributed by atoms with Crippen molar-refractivity contribution in [2.24, 2.45) is 0 Å². The highest BCUT2D eigenvalue weighted by molar-refractivity contribution is 9.11. The standard InChI is InChI=1S/C14H19Br2NO4S2/c1-3-10(2)17(12-6-7-22(18,19)9-12)23(20,21)14-8-11(15)4-5-13(14)16/h4-5,8,10,12H,3,6-7,9H2,1-2H3/t10-,12-/m0/s1. The van der Waals surface area contributed by atoms with Gasteiger partial charge in [-0.2, -0.15) is 4.31 Å². The fraction of sp³-hybridized carbons (Fsp3) is 0.571. The van der Waals surface area contributed by atoms with Gasteiger partial charge in [0.15, 0.2) is 9.84 Å². The highest BCUT2D eigenvalue weighted by atomic mass is 79.9. The van der Waals surface area contributed by atoms with Gasteiger partial charge in [0.2, 0.25) is 10.0 Å². The first-order chi connectivity index (χ1) is 10.6. The number of benzene rings is 1. The molecule has 0 aromatic heterocycles. The fourth-order valence-corrected chi connectivity index (χ4v) is 7.93. The van der Waals surface area contributed by atoms with E-state index in [-0.39, 0.29) is 22.4 Å². The summed E-state index contributed by atoms with van der Waals surface area (Å²) in [5, 5.41) is 0. The summed E-state index contributed by atoms with van der Waals surface area (Å²) < 4.78 is 52.5. The van der Waals surface area contributed by atoms with Gasteiger partial charge < -0.3 is 0 Å². The van der Waals surface area contributed by atoms with Crippen molar-refractivity contribution in [3.63, 3.8) is 0 Å². The van der Waals surface area contributed by atoms with Crippen LogP contribution in [0.2, 0.25) is 0 Å². The van der Waals surface area contributed by atoms with E-state index < -0.39 is 25.9 Å². The van der Waals surface area contributed by atoms with Crippen LogP contribution in [-0.2, 0) is 19.9 Å². The van der Waals surface area contributed by atoms with Crippen molar-refractivity contribution in [3.05, 3.63) is 27.1 Å². The molecule has 130 valence electrons. The van der Waals surface area contributed by atoms with Gasteiger partial charge in [-0.3, -0.25) is 0 Å². The van der Waals surface area contributed by atoms with Crippen LogP contribution in [0.5, 0.6) is 0 Å². The maximum Gasteiger partial charge on any atom is 0.244 e. The molecule has 1 aromatic rings. The lowest BCUT2D eigenvalue weighted by atomic mass is 10.2. The minimum Gasteiger partial charge on any atom is -0.229 e. The number of sulfonamides is 1. The molecule has 0 bridgehead atoms. The van der Waals surface area contributed by atoms with Crippen LogP contribution in [0.1, 0.15) is 26.7 Å². The van der Waals surface area contributed by atoms with Gasteiger partial charge in [-0.05, 0) is 53.9 Å². The minimum absolute atomic E-state index is 0.0414. The molecule has 1 fully saturated rings. The highest BCUT2D eigenvalue weighted by Crippen LogP contribution is 2.33. The first kappa shape index (κ1) is 19.4. The van der Waals surface area contributed by atoms with E-state index in [4.69, 9.17) is 0 Å². The molecule has 0 saturated carbocycles. The monoisotopic (exact) mass is 487 g/mol. The average molecular weight is 489 g/mol. The molecule has 1 saturated heterocycles. The zero-order valence-electron chi connectivity index (χ0n) is 12.9. The number of nitrogens with zero attached hydrogens (tertiary/aromatic N) is 1. The zero-order valence-corrected chi connectivity index (χ0v) is 17.7. The van der Waals surface area contributed by atoms with E-state index in [1.165, 1.54) is 10.4 Å². The summed E-state index contributed by atoms with van der Waals surface area (Å²) in [5.74, 6) is -0.0675. The van der Waals surface area contributed by atoms with E-state index in [1.54, 1.807) is 12.1 Å². The van der Waals surface area contributed by atoms with Crippen LogP contribution >= 0.6 is 31.9 Å². The Morgan fingerprint density at radius 2 is 2.00 bits per heavy atom. The second kappa shape index (κ2) is 7.11. The van der Waals surface area contributed by atoms with Crippen molar-refractivity contribution < 1.29 is 16.8 Å². The van der Waals surface area contributed by atoms with E-state index in [0.717, 1.165) is 0 Å². The number of hydrogen-bond donors (Lipinski definition) is 0. The lowest BCUT2D eigenvalue weighted by Gasteiger charge is -2.32. The molecule has 0 spiro atoms. The van der Waals surface area contributed by atoms with E-state index in [1.807, 2.05) is 13.8 Å². The molecule has 0 amide bonds. The van der Waals surface area contributed by atoms with Crippen LogP contribution in [-0.4, -0.2) is 44.7 Å². The normalized spacial score (nSPS) is 22.4. The Labute approximate surface area is 154 Å². The molecule has 0 N–H and O–H groups in total. The summed E-state index contributed by atoms with van der Waals surface area (Å²) in [6, 6.07) is 4.17. The first-order valence-electron chi connectivity index (χ1n) is 7.27. The molecule has 0 aliphatic carbocycles. The van der Waals surface area contributed by atoms with Gasteiger partial charge >= 0.3 is 0 Å². The molecule has 2 atom stereocenters. The second-order valence-corrected chi connectivity index (χ2v) is 11.5. The Balaban J connectivity index is 2.52. The molecule has 1 heterocycles. The van der Waals surface area contributed by atoms with Crippen LogP contribution in [0, 0.1) is 0 Å². The van der Waals surface area contributed by atoms with Gasteiger partial charge in [0.1, 0.15) is 0 Å². The Kier molecular flexibility index (Phi) is 5.99. The number of sulfone groups is 1. The average Bonchev–Trinajstić information content (AvgIpc) is 2.80. The SMILES string of the molecule is CC[C@H](C)N([C@H]1CCS(=O)(=O)C1)S(=O)(=O)c1cc(Br)ccc1Br.